The van der Waals surface area contributed by atoms with Crippen molar-refractivity contribution in [2.75, 3.05) is 13.1 Å². The van der Waals surface area contributed by atoms with Crippen LogP contribution in [0.1, 0.15) is 65.1 Å². The van der Waals surface area contributed by atoms with Crippen molar-refractivity contribution < 1.29 is 21.1 Å². The van der Waals surface area contributed by atoms with Crippen molar-refractivity contribution in [3.05, 3.63) is 60.8 Å². The van der Waals surface area contributed by atoms with Crippen LogP contribution in [0.4, 0.5) is 0 Å². The topological polar surface area (TPSA) is 38.8 Å². The second-order valence-electron chi connectivity index (χ2n) is 5.71. The van der Waals surface area contributed by atoms with Crippen LogP contribution in [0.25, 0.3) is 0 Å². The number of ether oxygens (including phenoxy) is 2. The third-order valence-corrected chi connectivity index (χ3v) is 3.37. The van der Waals surface area contributed by atoms with Gasteiger partial charge in [0.1, 0.15) is 12.6 Å². The smallest absolute Gasteiger partial charge is 0.305 e. The molecule has 3 nitrogen and oxygen atoms in total. The summed E-state index contributed by atoms with van der Waals surface area (Å²) in [6.45, 7) is -3.16. The number of hydrogen-bond acceptors (Lipinski definition) is 3. The first-order chi connectivity index (χ1) is 14.7. The average molecular weight is 364 g/mol. The molecular formula is C23H34O3. The van der Waals surface area contributed by atoms with Crippen LogP contribution >= 0.6 is 0 Å². The maximum atomic E-state index is 11.7. The summed E-state index contributed by atoms with van der Waals surface area (Å²) in [7, 11) is 0. The molecule has 0 amide bonds. The van der Waals surface area contributed by atoms with Gasteiger partial charge >= 0.3 is 5.97 Å². The number of unbranched alkanes of at least 4 members (excludes halogenated alkanes) is 1. The molecule has 0 aromatic heterocycles. The summed E-state index contributed by atoms with van der Waals surface area (Å²) in [5, 5.41) is 0. The first-order valence-electron chi connectivity index (χ1n) is 11.8. The minimum atomic E-state index is -2.83. The summed E-state index contributed by atoms with van der Waals surface area (Å²) >= 11 is 0. The Morgan fingerprint density at radius 3 is 2.04 bits per heavy atom. The maximum absolute atomic E-state index is 11.7. The molecule has 1 fully saturated rings. The molecule has 26 heavy (non-hydrogen) atoms. The molecule has 1 aliphatic rings. The molecule has 1 heterocycles. The third-order valence-electron chi connectivity index (χ3n) is 3.37. The van der Waals surface area contributed by atoms with Crippen molar-refractivity contribution in [1.29, 1.82) is 0 Å². The molecule has 0 aromatic carbocycles. The fourth-order valence-electron chi connectivity index (χ4n) is 1.95. The first-order valence-corrected chi connectivity index (χ1v) is 9.33. The molecule has 0 aliphatic carbocycles. The fourth-order valence-corrected chi connectivity index (χ4v) is 1.95. The standard InChI is InChI=1S/C23H34O3/c1-2-3-4-5-6-7-8-9-10-11-12-13-14-15-16-17-18-19-23(24)26-21-22-20-25-22/h3-4,6-7,9-10,12-13,15-16,22H,2,5,8,11,14,17-21H2,1H3/b4-3-,7-6-,10-9-,13-12-,16-15-/i20D2,21D2,22D. The van der Waals surface area contributed by atoms with Crippen LogP contribution in [0.5, 0.6) is 0 Å². The minimum Gasteiger partial charge on any atom is -0.463 e. The number of hydrogen-bond donors (Lipinski definition) is 0. The van der Waals surface area contributed by atoms with E-state index < -0.39 is 25.2 Å². The van der Waals surface area contributed by atoms with Crippen molar-refractivity contribution in [1.82, 2.24) is 0 Å². The van der Waals surface area contributed by atoms with Gasteiger partial charge in [-0.2, -0.15) is 0 Å². The zero-order valence-corrected chi connectivity index (χ0v) is 15.7. The van der Waals surface area contributed by atoms with Gasteiger partial charge in [-0.3, -0.25) is 4.79 Å². The van der Waals surface area contributed by atoms with E-state index in [1.54, 1.807) is 0 Å². The van der Waals surface area contributed by atoms with Crippen LogP contribution in [0.3, 0.4) is 0 Å². The molecule has 1 saturated heterocycles. The van der Waals surface area contributed by atoms with Gasteiger partial charge in [-0.15, -0.1) is 0 Å². The van der Waals surface area contributed by atoms with Crippen molar-refractivity contribution in [2.45, 2.75) is 64.4 Å². The Kier molecular flexibility index (Phi) is 9.71. The van der Waals surface area contributed by atoms with E-state index in [9.17, 15) is 4.79 Å². The summed E-state index contributed by atoms with van der Waals surface area (Å²) in [6, 6.07) is 0. The molecule has 144 valence electrons. The molecule has 1 aliphatic heterocycles. The van der Waals surface area contributed by atoms with Gasteiger partial charge in [-0.1, -0.05) is 67.7 Å². The number of carbonyl (C=O) groups is 1. The molecule has 1 rings (SSSR count). The third kappa shape index (κ3) is 15.6. The predicted octanol–water partition coefficient (Wildman–Crippen LogP) is 5.85. The molecule has 0 aromatic rings. The highest BCUT2D eigenvalue weighted by atomic mass is 16.6. The highest BCUT2D eigenvalue weighted by Crippen LogP contribution is 2.09. The quantitative estimate of drug-likeness (QED) is 0.158. The maximum Gasteiger partial charge on any atom is 0.305 e. The molecule has 0 radical (unpaired) electrons. The van der Waals surface area contributed by atoms with Gasteiger partial charge in [0.15, 0.2) is 0 Å². The van der Waals surface area contributed by atoms with Gasteiger partial charge in [-0.05, 0) is 44.9 Å². The molecule has 0 bridgehead atoms. The number of carbonyl (C=O) groups excluding carboxylic acids is 1. The summed E-state index contributed by atoms with van der Waals surface area (Å²) in [4.78, 5) is 11.7. The predicted molar refractivity (Wildman–Crippen MR) is 109 cm³/mol. The van der Waals surface area contributed by atoms with E-state index in [2.05, 4.69) is 65.0 Å². The lowest BCUT2D eigenvalue weighted by Crippen LogP contribution is -2.09. The van der Waals surface area contributed by atoms with Crippen LogP contribution in [0, 0.1) is 0 Å². The summed E-state index contributed by atoms with van der Waals surface area (Å²) in [5.41, 5.74) is 0. The van der Waals surface area contributed by atoms with Crippen molar-refractivity contribution in [2.24, 2.45) is 0 Å². The zero-order chi connectivity index (χ0) is 23.2. The highest BCUT2D eigenvalue weighted by molar-refractivity contribution is 5.69. The van der Waals surface area contributed by atoms with Gasteiger partial charge in [0, 0.05) is 6.42 Å². The zero-order valence-electron chi connectivity index (χ0n) is 20.7. The van der Waals surface area contributed by atoms with Crippen molar-refractivity contribution >= 4 is 5.97 Å². The Hall–Kier alpha value is -1.87. The molecule has 0 N–H and O–H groups in total. The molecule has 0 saturated carbocycles. The van der Waals surface area contributed by atoms with E-state index in [0.717, 1.165) is 32.1 Å². The van der Waals surface area contributed by atoms with Crippen LogP contribution in [-0.4, -0.2) is 25.2 Å². The van der Waals surface area contributed by atoms with E-state index in [0.29, 0.717) is 12.8 Å². The fraction of sp³-hybridized carbons (Fsp3) is 0.522. The second-order valence-corrected chi connectivity index (χ2v) is 5.71. The normalized spacial score (nSPS) is 25.7. The summed E-state index contributed by atoms with van der Waals surface area (Å²) in [5.74, 6) is -0.810. The Balaban J connectivity index is 2.07. The van der Waals surface area contributed by atoms with Crippen molar-refractivity contribution in [3.63, 3.8) is 0 Å². The average Bonchev–Trinajstić information content (AvgIpc) is 3.23. The monoisotopic (exact) mass is 363 g/mol. The Bertz CT molecular complexity index is 695. The number of rotatable bonds is 15. The van der Waals surface area contributed by atoms with Gasteiger partial charge < -0.3 is 9.47 Å². The molecule has 1 atom stereocenters. The Morgan fingerprint density at radius 2 is 1.54 bits per heavy atom. The van der Waals surface area contributed by atoms with Gasteiger partial charge in [0.2, 0.25) is 0 Å². The van der Waals surface area contributed by atoms with Gasteiger partial charge in [-0.25, -0.2) is 0 Å². The largest absolute Gasteiger partial charge is 0.463 e. The molecular weight excluding hydrogens is 324 g/mol. The lowest BCUT2D eigenvalue weighted by Gasteiger charge is -2.00. The number of epoxide rings is 1. The number of allylic oxidation sites excluding steroid dienone is 10. The lowest BCUT2D eigenvalue weighted by atomic mass is 10.2. The molecule has 1 unspecified atom stereocenters. The van der Waals surface area contributed by atoms with Crippen LogP contribution in [0.2, 0.25) is 0 Å². The summed E-state index contributed by atoms with van der Waals surface area (Å²) < 4.78 is 46.2. The van der Waals surface area contributed by atoms with E-state index in [1.165, 1.54) is 0 Å². The molecule has 0 spiro atoms. The number of esters is 1. The van der Waals surface area contributed by atoms with E-state index in [1.807, 2.05) is 12.2 Å². The van der Waals surface area contributed by atoms with E-state index in [-0.39, 0.29) is 6.42 Å². The van der Waals surface area contributed by atoms with Crippen LogP contribution < -0.4 is 0 Å². The van der Waals surface area contributed by atoms with E-state index >= 15 is 0 Å². The highest BCUT2D eigenvalue weighted by Gasteiger charge is 2.23. The SMILES string of the molecule is [2H]C([2H])(OC(=O)CCC/C=C\C/C=C\C/C=C\C/C=C\C/C=C\CC)C1([2H])OC1([2H])[2H]. The van der Waals surface area contributed by atoms with Gasteiger partial charge in [0.25, 0.3) is 0 Å². The van der Waals surface area contributed by atoms with Crippen molar-refractivity contribution in [3.8, 4) is 0 Å². The van der Waals surface area contributed by atoms with Crippen LogP contribution in [-0.2, 0) is 14.3 Å². The first kappa shape index (κ1) is 15.2. The minimum absolute atomic E-state index is 0.00704. The van der Waals surface area contributed by atoms with Crippen LogP contribution in [0.15, 0.2) is 60.8 Å². The summed E-state index contributed by atoms with van der Waals surface area (Å²) in [6.07, 6.45) is 24.4. The van der Waals surface area contributed by atoms with E-state index in [4.69, 9.17) is 6.85 Å². The Morgan fingerprint density at radius 1 is 1.04 bits per heavy atom. The molecule has 3 heteroatoms. The second kappa shape index (κ2) is 16.6. The lowest BCUT2D eigenvalue weighted by molar-refractivity contribution is -0.144. The Labute approximate surface area is 166 Å². The van der Waals surface area contributed by atoms with Gasteiger partial charge in [0.05, 0.1) is 13.4 Å².